The monoisotopic (exact) mass is 347 g/mol. The van der Waals surface area contributed by atoms with Crippen LogP contribution in [0.15, 0.2) is 40.9 Å². The Bertz CT molecular complexity index is 625. The quantitative estimate of drug-likeness (QED) is 0.854. The van der Waals surface area contributed by atoms with Crippen molar-refractivity contribution in [3.8, 4) is 5.75 Å². The molecular weight excluding hydrogens is 326 g/mol. The molecule has 0 aliphatic carbocycles. The number of aryl methyl sites for hydroxylation is 2. The van der Waals surface area contributed by atoms with Crippen LogP contribution >= 0.6 is 15.9 Å². The molecule has 2 nitrogen and oxygen atoms in total. The summed E-state index contributed by atoms with van der Waals surface area (Å²) in [4.78, 5) is 0. The van der Waals surface area contributed by atoms with Crippen LogP contribution in [0.2, 0.25) is 0 Å². The summed E-state index contributed by atoms with van der Waals surface area (Å²) >= 11 is 3.62. The van der Waals surface area contributed by atoms with E-state index in [-0.39, 0.29) is 6.04 Å². The molecule has 1 unspecified atom stereocenters. The number of ether oxygens (including phenoxy) is 1. The third-order valence-electron chi connectivity index (χ3n) is 3.76. The number of methoxy groups -OCH3 is 1. The van der Waals surface area contributed by atoms with Gasteiger partial charge in [-0.2, -0.15) is 0 Å². The highest BCUT2D eigenvalue weighted by atomic mass is 79.9. The first-order valence-corrected chi connectivity index (χ1v) is 7.91. The van der Waals surface area contributed by atoms with Gasteiger partial charge in [0.15, 0.2) is 0 Å². The second-order valence-corrected chi connectivity index (χ2v) is 6.23. The van der Waals surface area contributed by atoms with Crippen LogP contribution in [-0.2, 0) is 6.42 Å². The Morgan fingerprint density at radius 3 is 2.57 bits per heavy atom. The van der Waals surface area contributed by atoms with Crippen molar-refractivity contribution in [3.63, 3.8) is 0 Å². The molecule has 0 fully saturated rings. The molecule has 2 aromatic rings. The van der Waals surface area contributed by atoms with Gasteiger partial charge in [0.1, 0.15) is 5.75 Å². The van der Waals surface area contributed by atoms with Crippen LogP contribution in [0.5, 0.6) is 5.75 Å². The van der Waals surface area contributed by atoms with Crippen molar-refractivity contribution in [2.24, 2.45) is 0 Å². The van der Waals surface area contributed by atoms with Crippen molar-refractivity contribution in [1.29, 1.82) is 0 Å². The first kappa shape index (κ1) is 16.1. The minimum absolute atomic E-state index is 0.221. The first-order valence-electron chi connectivity index (χ1n) is 7.12. The van der Waals surface area contributed by atoms with Crippen LogP contribution in [0.25, 0.3) is 0 Å². The third-order valence-corrected chi connectivity index (χ3v) is 4.61. The molecule has 0 aliphatic rings. The van der Waals surface area contributed by atoms with Gasteiger partial charge in [0.2, 0.25) is 0 Å². The zero-order valence-electron chi connectivity index (χ0n) is 13.0. The van der Waals surface area contributed by atoms with Crippen molar-refractivity contribution in [2.45, 2.75) is 26.3 Å². The van der Waals surface area contributed by atoms with Gasteiger partial charge in [0, 0.05) is 16.1 Å². The molecule has 0 saturated carbocycles. The zero-order valence-corrected chi connectivity index (χ0v) is 14.6. The molecule has 1 N–H and O–H groups in total. The normalized spacial score (nSPS) is 12.2. The summed E-state index contributed by atoms with van der Waals surface area (Å²) < 4.78 is 6.68. The predicted octanol–water partition coefficient (Wildman–Crippen LogP) is 4.58. The molecule has 0 aromatic heterocycles. The lowest BCUT2D eigenvalue weighted by Crippen LogP contribution is -2.19. The number of halogens is 1. The number of hydrogen-bond donors (Lipinski definition) is 1. The van der Waals surface area contributed by atoms with E-state index in [4.69, 9.17) is 4.74 Å². The maximum absolute atomic E-state index is 5.56. The van der Waals surface area contributed by atoms with Crippen LogP contribution in [0, 0.1) is 13.8 Å². The Hall–Kier alpha value is -1.32. The van der Waals surface area contributed by atoms with Crippen LogP contribution in [-0.4, -0.2) is 14.2 Å². The van der Waals surface area contributed by atoms with Gasteiger partial charge in [-0.15, -0.1) is 0 Å². The van der Waals surface area contributed by atoms with E-state index < -0.39 is 0 Å². The van der Waals surface area contributed by atoms with Crippen LogP contribution < -0.4 is 10.1 Å². The SMILES string of the molecule is CNC(Cc1cccc(C)c1)c1cc(Br)c(C)cc1OC. The lowest BCUT2D eigenvalue weighted by atomic mass is 9.96. The molecule has 0 radical (unpaired) electrons. The zero-order chi connectivity index (χ0) is 15.4. The van der Waals surface area contributed by atoms with Gasteiger partial charge in [-0.1, -0.05) is 45.8 Å². The number of nitrogens with one attached hydrogen (secondary N) is 1. The highest BCUT2D eigenvalue weighted by Gasteiger charge is 2.16. The summed E-state index contributed by atoms with van der Waals surface area (Å²) in [6.07, 6.45) is 0.935. The second kappa shape index (κ2) is 7.10. The van der Waals surface area contributed by atoms with E-state index in [0.29, 0.717) is 0 Å². The Labute approximate surface area is 135 Å². The molecule has 112 valence electrons. The second-order valence-electron chi connectivity index (χ2n) is 5.38. The summed E-state index contributed by atoms with van der Waals surface area (Å²) in [7, 11) is 3.72. The third kappa shape index (κ3) is 3.86. The van der Waals surface area contributed by atoms with Gasteiger partial charge in [-0.05, 0) is 50.6 Å². The number of hydrogen-bond acceptors (Lipinski definition) is 2. The average molecular weight is 348 g/mol. The number of likely N-dealkylation sites (N-methyl/N-ethyl adjacent to an activating group) is 1. The van der Waals surface area contributed by atoms with E-state index in [1.807, 2.05) is 7.05 Å². The molecule has 0 aliphatic heterocycles. The molecule has 0 spiro atoms. The lowest BCUT2D eigenvalue weighted by Gasteiger charge is -2.21. The van der Waals surface area contributed by atoms with Gasteiger partial charge in [-0.25, -0.2) is 0 Å². The van der Waals surface area contributed by atoms with Crippen molar-refractivity contribution >= 4 is 15.9 Å². The molecular formula is C18H22BrNO. The minimum Gasteiger partial charge on any atom is -0.496 e. The smallest absolute Gasteiger partial charge is 0.123 e. The fraction of sp³-hybridized carbons (Fsp3) is 0.333. The molecule has 0 bridgehead atoms. The highest BCUT2D eigenvalue weighted by Crippen LogP contribution is 2.32. The van der Waals surface area contributed by atoms with Gasteiger partial charge >= 0.3 is 0 Å². The van der Waals surface area contributed by atoms with Crippen molar-refractivity contribution in [3.05, 3.63) is 63.1 Å². The summed E-state index contributed by atoms with van der Waals surface area (Å²) in [6.45, 7) is 4.20. The Morgan fingerprint density at radius 2 is 1.95 bits per heavy atom. The van der Waals surface area contributed by atoms with Gasteiger partial charge in [-0.3, -0.25) is 0 Å². The molecule has 2 aromatic carbocycles. The van der Waals surface area contributed by atoms with E-state index >= 15 is 0 Å². The fourth-order valence-electron chi connectivity index (χ4n) is 2.56. The van der Waals surface area contributed by atoms with Gasteiger partial charge < -0.3 is 10.1 Å². The molecule has 3 heteroatoms. The number of benzene rings is 2. The average Bonchev–Trinajstić information content (AvgIpc) is 2.47. The molecule has 1 atom stereocenters. The van der Waals surface area contributed by atoms with Gasteiger partial charge in [0.25, 0.3) is 0 Å². The van der Waals surface area contributed by atoms with Crippen molar-refractivity contribution < 1.29 is 4.74 Å². The molecule has 0 amide bonds. The predicted molar refractivity (Wildman–Crippen MR) is 92.1 cm³/mol. The summed E-state index contributed by atoms with van der Waals surface area (Å²) in [5.41, 5.74) is 4.98. The van der Waals surface area contributed by atoms with E-state index in [1.165, 1.54) is 22.3 Å². The lowest BCUT2D eigenvalue weighted by molar-refractivity contribution is 0.400. The van der Waals surface area contributed by atoms with Crippen LogP contribution in [0.1, 0.15) is 28.3 Å². The standard InChI is InChI=1S/C18H22BrNO/c1-12-6-5-7-14(8-12)10-17(20-3)15-11-16(19)13(2)9-18(15)21-4/h5-9,11,17,20H,10H2,1-4H3. The summed E-state index contributed by atoms with van der Waals surface area (Å²) in [5, 5.41) is 3.41. The summed E-state index contributed by atoms with van der Waals surface area (Å²) in [6, 6.07) is 13.1. The summed E-state index contributed by atoms with van der Waals surface area (Å²) in [5.74, 6) is 0.933. The Morgan fingerprint density at radius 1 is 1.19 bits per heavy atom. The topological polar surface area (TPSA) is 21.3 Å². The largest absolute Gasteiger partial charge is 0.496 e. The molecule has 21 heavy (non-hydrogen) atoms. The molecule has 0 saturated heterocycles. The molecule has 0 heterocycles. The van der Waals surface area contributed by atoms with Crippen LogP contribution in [0.4, 0.5) is 0 Å². The van der Waals surface area contributed by atoms with Crippen molar-refractivity contribution in [1.82, 2.24) is 5.32 Å². The maximum Gasteiger partial charge on any atom is 0.123 e. The Kier molecular flexibility index (Phi) is 5.43. The molecule has 2 rings (SSSR count). The first-order chi connectivity index (χ1) is 10.0. The van der Waals surface area contributed by atoms with Gasteiger partial charge in [0.05, 0.1) is 7.11 Å². The fourth-order valence-corrected chi connectivity index (χ4v) is 2.92. The van der Waals surface area contributed by atoms with E-state index in [9.17, 15) is 0 Å². The van der Waals surface area contributed by atoms with E-state index in [1.54, 1.807) is 7.11 Å². The van der Waals surface area contributed by atoms with Crippen molar-refractivity contribution in [2.75, 3.05) is 14.2 Å². The Balaban J connectivity index is 2.35. The maximum atomic E-state index is 5.56. The highest BCUT2D eigenvalue weighted by molar-refractivity contribution is 9.10. The van der Waals surface area contributed by atoms with Crippen LogP contribution in [0.3, 0.4) is 0 Å². The van der Waals surface area contributed by atoms with E-state index in [0.717, 1.165) is 16.6 Å². The number of rotatable bonds is 5. The minimum atomic E-state index is 0.221. The van der Waals surface area contributed by atoms with E-state index in [2.05, 4.69) is 71.5 Å².